The second kappa shape index (κ2) is 6.29. The minimum Gasteiger partial charge on any atom is -0.307 e. The highest BCUT2D eigenvalue weighted by molar-refractivity contribution is 5.62. The Kier molecular flexibility index (Phi) is 3.69. The molecule has 7 heteroatoms. The molecule has 5 rings (SSSR count). The van der Waals surface area contributed by atoms with Gasteiger partial charge in [0.25, 0.3) is 0 Å². The lowest BCUT2D eigenvalue weighted by molar-refractivity contribution is 0.942. The van der Waals surface area contributed by atoms with Gasteiger partial charge in [-0.05, 0) is 24.3 Å². The van der Waals surface area contributed by atoms with Crippen molar-refractivity contribution in [3.63, 3.8) is 0 Å². The average molecular weight is 327 g/mol. The maximum Gasteiger partial charge on any atom is 0.137 e. The molecular weight excluding hydrogens is 314 g/mol. The first-order chi connectivity index (χ1) is 12.3. The highest BCUT2D eigenvalue weighted by Crippen LogP contribution is 2.16. The minimum absolute atomic E-state index is 0.829. The molecule has 0 fully saturated rings. The van der Waals surface area contributed by atoms with Gasteiger partial charge >= 0.3 is 0 Å². The van der Waals surface area contributed by atoms with E-state index in [2.05, 4.69) is 31.3 Å². The average Bonchev–Trinajstić information content (AvgIpc) is 3.41. The zero-order valence-corrected chi connectivity index (χ0v) is 13.1. The third-order valence-electron chi connectivity index (χ3n) is 3.67. The Labute approximate surface area is 143 Å². The Morgan fingerprint density at radius 1 is 0.920 bits per heavy atom. The second-order valence-corrected chi connectivity index (χ2v) is 5.22. The van der Waals surface area contributed by atoms with Crippen molar-refractivity contribution in [3.8, 4) is 23.6 Å². The smallest absolute Gasteiger partial charge is 0.137 e. The fourth-order valence-corrected chi connectivity index (χ4v) is 2.41. The molecule has 0 radical (unpaired) electrons. The van der Waals surface area contributed by atoms with Gasteiger partial charge in [0, 0.05) is 48.3 Å². The third kappa shape index (κ3) is 2.96. The van der Waals surface area contributed by atoms with Crippen molar-refractivity contribution in [2.75, 3.05) is 0 Å². The number of nitrogens with zero attached hydrogens (tertiary/aromatic N) is 6. The largest absolute Gasteiger partial charge is 0.307 e. The first kappa shape index (κ1) is 14.7. The molecule has 5 aromatic heterocycles. The topological polar surface area (TPSA) is 76.2 Å². The molecule has 0 spiro atoms. The third-order valence-corrected chi connectivity index (χ3v) is 3.67. The Morgan fingerprint density at radius 3 is 2.32 bits per heavy atom. The van der Waals surface area contributed by atoms with Crippen molar-refractivity contribution in [2.24, 2.45) is 0 Å². The molecular formula is C18H13N7. The van der Waals surface area contributed by atoms with Crippen molar-refractivity contribution in [1.82, 2.24) is 34.2 Å². The Hall–Kier alpha value is -3.92. The number of aromatic amines is 1. The van der Waals surface area contributed by atoms with E-state index in [9.17, 15) is 0 Å². The molecule has 1 N–H and O–H groups in total. The summed E-state index contributed by atoms with van der Waals surface area (Å²) in [4.78, 5) is 8.29. The van der Waals surface area contributed by atoms with E-state index < -0.39 is 0 Å². The fourth-order valence-electron chi connectivity index (χ4n) is 2.41. The van der Waals surface area contributed by atoms with Crippen molar-refractivity contribution in [3.05, 3.63) is 73.2 Å². The Bertz CT molecular complexity index is 1160. The van der Waals surface area contributed by atoms with Gasteiger partial charge < -0.3 is 8.80 Å². The van der Waals surface area contributed by atoms with Crippen molar-refractivity contribution < 1.29 is 0 Å². The minimum atomic E-state index is 0.829. The van der Waals surface area contributed by atoms with Crippen LogP contribution in [0.5, 0.6) is 0 Å². The van der Waals surface area contributed by atoms with Gasteiger partial charge in [-0.2, -0.15) is 15.4 Å². The zero-order valence-electron chi connectivity index (χ0n) is 13.1. The van der Waals surface area contributed by atoms with Crippen LogP contribution in [0.25, 0.3) is 22.6 Å². The quantitative estimate of drug-likeness (QED) is 0.480. The maximum absolute atomic E-state index is 5.22. The van der Waals surface area contributed by atoms with Crippen LogP contribution in [0, 0.1) is 12.3 Å². The van der Waals surface area contributed by atoms with E-state index in [4.69, 9.17) is 6.42 Å². The number of nitrogens with one attached hydrogen (secondary N) is 1. The summed E-state index contributed by atoms with van der Waals surface area (Å²) >= 11 is 0. The van der Waals surface area contributed by atoms with Crippen LogP contribution in [0.3, 0.4) is 0 Å². The number of imidazole rings is 2. The molecule has 0 aliphatic rings. The fraction of sp³-hybridized carbons (Fsp3) is 0. The van der Waals surface area contributed by atoms with Gasteiger partial charge in [0.05, 0.1) is 6.20 Å². The number of fused-ring (bicyclic) bond motifs is 2. The normalized spacial score (nSPS) is 10.4. The Morgan fingerprint density at radius 2 is 1.64 bits per heavy atom. The van der Waals surface area contributed by atoms with E-state index in [1.54, 1.807) is 18.6 Å². The van der Waals surface area contributed by atoms with Crippen LogP contribution >= 0.6 is 0 Å². The molecule has 5 heterocycles. The van der Waals surface area contributed by atoms with Crippen LogP contribution in [0.1, 0.15) is 5.56 Å². The summed E-state index contributed by atoms with van der Waals surface area (Å²) in [7, 11) is 0. The molecule has 0 aromatic carbocycles. The van der Waals surface area contributed by atoms with Gasteiger partial charge in [-0.15, -0.1) is 6.42 Å². The van der Waals surface area contributed by atoms with E-state index in [0.717, 1.165) is 28.1 Å². The van der Waals surface area contributed by atoms with Crippen molar-refractivity contribution in [2.45, 2.75) is 0 Å². The second-order valence-electron chi connectivity index (χ2n) is 5.22. The van der Waals surface area contributed by atoms with Gasteiger partial charge in [0.2, 0.25) is 0 Å². The summed E-state index contributed by atoms with van der Waals surface area (Å²) in [6.07, 6.45) is 18.1. The first-order valence-corrected chi connectivity index (χ1v) is 7.52. The molecule has 0 aliphatic carbocycles. The standard InChI is InChI=1S/C9H7N5.C9H6N2/c1-3-14-4-2-10-9(14)5-7(1)8-6-11-13-12-8;1-2-8-3-5-11-6-4-10-9(11)7-8/h1-6H,(H,11,12,13);1,3-7H. The zero-order chi connectivity index (χ0) is 17.1. The van der Waals surface area contributed by atoms with Crippen LogP contribution < -0.4 is 0 Å². The summed E-state index contributed by atoms with van der Waals surface area (Å²) < 4.78 is 3.87. The number of hydrogen-bond donors (Lipinski definition) is 1. The van der Waals surface area contributed by atoms with Crippen LogP contribution in [0.4, 0.5) is 0 Å². The molecule has 0 bridgehead atoms. The summed E-state index contributed by atoms with van der Waals surface area (Å²) in [5.74, 6) is 2.56. The number of rotatable bonds is 1. The van der Waals surface area contributed by atoms with Crippen LogP contribution in [0.2, 0.25) is 0 Å². The molecule has 0 atom stereocenters. The molecule has 0 amide bonds. The Balaban J connectivity index is 0.000000129. The number of H-pyrrole nitrogens is 1. The van der Waals surface area contributed by atoms with Crippen LogP contribution in [-0.4, -0.2) is 34.2 Å². The highest BCUT2D eigenvalue weighted by Gasteiger charge is 2.01. The molecule has 7 nitrogen and oxygen atoms in total. The summed E-state index contributed by atoms with van der Waals surface area (Å²) in [6.45, 7) is 0. The molecule has 0 unspecified atom stereocenters. The first-order valence-electron chi connectivity index (χ1n) is 7.52. The van der Waals surface area contributed by atoms with Gasteiger partial charge in [-0.3, -0.25) is 0 Å². The van der Waals surface area contributed by atoms with Crippen molar-refractivity contribution in [1.29, 1.82) is 0 Å². The van der Waals surface area contributed by atoms with Gasteiger partial charge in [0.15, 0.2) is 0 Å². The number of pyridine rings is 2. The van der Waals surface area contributed by atoms with E-state index in [0.29, 0.717) is 0 Å². The lowest BCUT2D eigenvalue weighted by Gasteiger charge is -1.96. The predicted molar refractivity (Wildman–Crippen MR) is 93.7 cm³/mol. The summed E-state index contributed by atoms with van der Waals surface area (Å²) in [5.41, 5.74) is 4.50. The summed E-state index contributed by atoms with van der Waals surface area (Å²) in [5, 5.41) is 10.4. The maximum atomic E-state index is 5.22. The summed E-state index contributed by atoms with van der Waals surface area (Å²) in [6, 6.07) is 7.71. The molecule has 0 saturated heterocycles. The van der Waals surface area contributed by atoms with E-state index in [-0.39, 0.29) is 0 Å². The van der Waals surface area contributed by atoms with Gasteiger partial charge in [0.1, 0.15) is 17.0 Å². The van der Waals surface area contributed by atoms with Crippen LogP contribution in [-0.2, 0) is 0 Å². The predicted octanol–water partition coefficient (Wildman–Crippen LogP) is 2.43. The number of hydrogen-bond acceptors (Lipinski definition) is 4. The van der Waals surface area contributed by atoms with E-state index in [1.165, 1.54) is 0 Å². The van der Waals surface area contributed by atoms with Crippen molar-refractivity contribution >= 4 is 11.3 Å². The lowest BCUT2D eigenvalue weighted by atomic mass is 10.2. The molecule has 0 saturated carbocycles. The molecule has 25 heavy (non-hydrogen) atoms. The van der Waals surface area contributed by atoms with Gasteiger partial charge in [-0.1, -0.05) is 5.92 Å². The van der Waals surface area contributed by atoms with E-state index >= 15 is 0 Å². The number of terminal acetylenes is 1. The van der Waals surface area contributed by atoms with Gasteiger partial charge in [-0.25, -0.2) is 9.97 Å². The molecule has 5 aromatic rings. The number of aromatic nitrogens is 7. The lowest BCUT2D eigenvalue weighted by Crippen LogP contribution is -1.84. The SMILES string of the molecule is C#Cc1ccn2ccnc2c1.c1cn2ccc(-c3cn[nH]n3)cc2n1. The molecule has 120 valence electrons. The monoisotopic (exact) mass is 327 g/mol. The highest BCUT2D eigenvalue weighted by atomic mass is 15.3. The van der Waals surface area contributed by atoms with E-state index in [1.807, 2.05) is 57.9 Å². The van der Waals surface area contributed by atoms with Crippen LogP contribution in [0.15, 0.2) is 67.6 Å². The molecule has 0 aliphatic heterocycles.